The number of aromatic nitrogens is 2. The van der Waals surface area contributed by atoms with E-state index in [1.54, 1.807) is 6.07 Å². The third-order valence-electron chi connectivity index (χ3n) is 3.60. The van der Waals surface area contributed by atoms with Gasteiger partial charge in [0.25, 0.3) is 0 Å². The van der Waals surface area contributed by atoms with Gasteiger partial charge in [-0.1, -0.05) is 11.6 Å². The Morgan fingerprint density at radius 1 is 1.42 bits per heavy atom. The number of hydrogen-bond donors (Lipinski definition) is 1. The third-order valence-corrected chi connectivity index (χ3v) is 4.94. The normalized spacial score (nSPS) is 17.2. The summed E-state index contributed by atoms with van der Waals surface area (Å²) in [6.07, 6.45) is 2.39. The van der Waals surface area contributed by atoms with E-state index in [-0.39, 0.29) is 5.02 Å². The number of halogens is 2. The van der Waals surface area contributed by atoms with Crippen LogP contribution in [-0.4, -0.2) is 21.1 Å². The predicted molar refractivity (Wildman–Crippen MR) is 79.2 cm³/mol. The zero-order valence-electron chi connectivity index (χ0n) is 10.4. The first-order chi connectivity index (χ1) is 9.15. The second-order valence-electron chi connectivity index (χ2n) is 4.89. The third kappa shape index (κ3) is 2.54. The van der Waals surface area contributed by atoms with Crippen LogP contribution >= 0.6 is 23.4 Å². The van der Waals surface area contributed by atoms with Crippen LogP contribution in [0.2, 0.25) is 5.02 Å². The molecule has 1 aliphatic heterocycles. The Bertz CT molecular complexity index is 607. The van der Waals surface area contributed by atoms with Crippen LogP contribution in [0, 0.1) is 11.7 Å². The van der Waals surface area contributed by atoms with Crippen molar-refractivity contribution in [2.75, 3.05) is 17.2 Å². The summed E-state index contributed by atoms with van der Waals surface area (Å²) in [5.41, 5.74) is 7.35. The molecule has 2 N–H and O–H groups in total. The van der Waals surface area contributed by atoms with Crippen LogP contribution in [0.4, 0.5) is 10.3 Å². The van der Waals surface area contributed by atoms with Crippen molar-refractivity contribution < 1.29 is 4.39 Å². The van der Waals surface area contributed by atoms with E-state index in [2.05, 4.69) is 4.98 Å². The Balaban J connectivity index is 1.97. The van der Waals surface area contributed by atoms with Crippen LogP contribution in [0.5, 0.6) is 0 Å². The number of hydrogen-bond acceptors (Lipinski definition) is 3. The molecule has 102 valence electrons. The Kier molecular flexibility index (Phi) is 3.58. The fourth-order valence-corrected chi connectivity index (χ4v) is 3.88. The van der Waals surface area contributed by atoms with Crippen LogP contribution in [0.1, 0.15) is 12.8 Å². The maximum Gasteiger partial charge on any atom is 0.201 e. The quantitative estimate of drug-likeness (QED) is 0.922. The van der Waals surface area contributed by atoms with Crippen LogP contribution in [-0.2, 0) is 6.54 Å². The van der Waals surface area contributed by atoms with E-state index >= 15 is 0 Å². The highest BCUT2D eigenvalue weighted by molar-refractivity contribution is 7.99. The van der Waals surface area contributed by atoms with Gasteiger partial charge in [0.15, 0.2) is 0 Å². The zero-order chi connectivity index (χ0) is 13.4. The molecule has 0 unspecified atom stereocenters. The Morgan fingerprint density at radius 2 is 2.16 bits per heavy atom. The van der Waals surface area contributed by atoms with Crippen molar-refractivity contribution in [3.63, 3.8) is 0 Å². The summed E-state index contributed by atoms with van der Waals surface area (Å²) in [6.45, 7) is 0.838. The van der Waals surface area contributed by atoms with Crippen LogP contribution < -0.4 is 5.73 Å². The maximum atomic E-state index is 13.4. The first kappa shape index (κ1) is 13.1. The largest absolute Gasteiger partial charge is 0.369 e. The first-order valence-electron chi connectivity index (χ1n) is 6.33. The molecule has 0 atom stereocenters. The number of nitrogen functional groups attached to an aromatic ring is 1. The molecule has 2 aromatic rings. The Hall–Kier alpha value is -0.940. The summed E-state index contributed by atoms with van der Waals surface area (Å²) >= 11 is 7.85. The number of thioether (sulfide) groups is 1. The van der Waals surface area contributed by atoms with Crippen molar-refractivity contribution in [1.29, 1.82) is 0 Å². The molecule has 0 bridgehead atoms. The summed E-state index contributed by atoms with van der Waals surface area (Å²) < 4.78 is 15.4. The average Bonchev–Trinajstić information content (AvgIpc) is 2.68. The van der Waals surface area contributed by atoms with Crippen molar-refractivity contribution in [3.8, 4) is 0 Å². The van der Waals surface area contributed by atoms with Gasteiger partial charge in [-0.05, 0) is 36.3 Å². The molecule has 19 heavy (non-hydrogen) atoms. The Morgan fingerprint density at radius 3 is 2.89 bits per heavy atom. The SMILES string of the molecule is Nc1nc2cc(F)c(Cl)cc2n1CC1CCSCC1. The lowest BCUT2D eigenvalue weighted by Crippen LogP contribution is -2.17. The minimum absolute atomic E-state index is 0.118. The second-order valence-corrected chi connectivity index (χ2v) is 6.52. The lowest BCUT2D eigenvalue weighted by Gasteiger charge is -2.22. The van der Waals surface area contributed by atoms with Crippen molar-refractivity contribution in [2.45, 2.75) is 19.4 Å². The summed E-state index contributed by atoms with van der Waals surface area (Å²) in [5, 5.41) is 0.118. The molecule has 0 spiro atoms. The highest BCUT2D eigenvalue weighted by atomic mass is 35.5. The number of nitrogens with zero attached hydrogens (tertiary/aromatic N) is 2. The van der Waals surface area contributed by atoms with Crippen LogP contribution in [0.25, 0.3) is 11.0 Å². The molecule has 1 aliphatic rings. The Labute approximate surface area is 120 Å². The number of imidazole rings is 1. The van der Waals surface area contributed by atoms with Gasteiger partial charge in [-0.2, -0.15) is 11.8 Å². The molecule has 0 aliphatic carbocycles. The highest BCUT2D eigenvalue weighted by Gasteiger charge is 2.18. The van der Waals surface area contributed by atoms with Crippen molar-refractivity contribution in [3.05, 3.63) is 23.0 Å². The van der Waals surface area contributed by atoms with Gasteiger partial charge in [-0.3, -0.25) is 0 Å². The molecule has 1 aromatic heterocycles. The molecule has 0 amide bonds. The van der Waals surface area contributed by atoms with Gasteiger partial charge in [0.2, 0.25) is 5.95 Å². The van der Waals surface area contributed by atoms with E-state index in [0.717, 1.165) is 12.1 Å². The van der Waals surface area contributed by atoms with Crippen molar-refractivity contribution in [1.82, 2.24) is 9.55 Å². The molecular formula is C13H15ClFN3S. The summed E-state index contributed by atoms with van der Waals surface area (Å²) in [5.74, 6) is 3.01. The molecule has 1 saturated heterocycles. The van der Waals surface area contributed by atoms with E-state index in [9.17, 15) is 4.39 Å². The monoisotopic (exact) mass is 299 g/mol. The van der Waals surface area contributed by atoms with Gasteiger partial charge in [-0.25, -0.2) is 9.37 Å². The smallest absolute Gasteiger partial charge is 0.201 e. The summed E-state index contributed by atoms with van der Waals surface area (Å²) in [7, 11) is 0. The fraction of sp³-hybridized carbons (Fsp3) is 0.462. The number of benzene rings is 1. The van der Waals surface area contributed by atoms with E-state index in [0.29, 0.717) is 17.4 Å². The summed E-state index contributed by atoms with van der Waals surface area (Å²) in [4.78, 5) is 4.22. The molecule has 3 rings (SSSR count). The predicted octanol–water partition coefficient (Wildman–Crippen LogP) is 3.55. The number of anilines is 1. The topological polar surface area (TPSA) is 43.8 Å². The molecule has 1 fully saturated rings. The van der Waals surface area contributed by atoms with Gasteiger partial charge in [0, 0.05) is 12.6 Å². The minimum Gasteiger partial charge on any atom is -0.369 e. The van der Waals surface area contributed by atoms with E-state index < -0.39 is 5.82 Å². The molecule has 0 saturated carbocycles. The van der Waals surface area contributed by atoms with Crippen LogP contribution in [0.3, 0.4) is 0 Å². The molecule has 2 heterocycles. The average molecular weight is 300 g/mol. The van der Waals surface area contributed by atoms with Crippen molar-refractivity contribution >= 4 is 40.3 Å². The standard InChI is InChI=1S/C13H15ClFN3S/c14-9-5-12-11(6-10(9)15)17-13(16)18(12)7-8-1-3-19-4-2-8/h5-6,8H,1-4,7H2,(H2,16,17). The molecule has 0 radical (unpaired) electrons. The second kappa shape index (κ2) is 5.21. The molecular weight excluding hydrogens is 285 g/mol. The lowest BCUT2D eigenvalue weighted by molar-refractivity contribution is 0.425. The van der Waals surface area contributed by atoms with Gasteiger partial charge in [-0.15, -0.1) is 0 Å². The van der Waals surface area contributed by atoms with Gasteiger partial charge in [0.1, 0.15) is 5.82 Å². The van der Waals surface area contributed by atoms with E-state index in [4.69, 9.17) is 17.3 Å². The lowest BCUT2D eigenvalue weighted by atomic mass is 10.0. The fourth-order valence-electron chi connectivity index (χ4n) is 2.52. The van der Waals surface area contributed by atoms with Crippen LogP contribution in [0.15, 0.2) is 12.1 Å². The highest BCUT2D eigenvalue weighted by Crippen LogP contribution is 2.29. The molecule has 3 nitrogen and oxygen atoms in total. The first-order valence-corrected chi connectivity index (χ1v) is 7.87. The number of fused-ring (bicyclic) bond motifs is 1. The van der Waals surface area contributed by atoms with E-state index in [1.807, 2.05) is 16.3 Å². The van der Waals surface area contributed by atoms with E-state index in [1.165, 1.54) is 30.4 Å². The molecule has 6 heteroatoms. The van der Waals surface area contributed by atoms with Gasteiger partial charge in [0.05, 0.1) is 16.1 Å². The summed E-state index contributed by atoms with van der Waals surface area (Å²) in [6, 6.07) is 2.97. The molecule has 1 aromatic carbocycles. The van der Waals surface area contributed by atoms with Gasteiger partial charge >= 0.3 is 0 Å². The zero-order valence-corrected chi connectivity index (χ0v) is 12.0. The maximum absolute atomic E-state index is 13.4. The number of rotatable bonds is 2. The minimum atomic E-state index is -0.451. The van der Waals surface area contributed by atoms with Gasteiger partial charge < -0.3 is 10.3 Å². The van der Waals surface area contributed by atoms with Crippen molar-refractivity contribution in [2.24, 2.45) is 5.92 Å². The number of nitrogens with two attached hydrogens (primary N) is 1.